The number of para-hydroxylation sites is 1. The number of aliphatic hydroxyl groups is 1. The Morgan fingerprint density at radius 2 is 2.06 bits per heavy atom. The van der Waals surface area contributed by atoms with Gasteiger partial charge in [-0.25, -0.2) is 0 Å². The number of furan rings is 1. The Kier molecular flexibility index (Phi) is 5.55. The minimum Gasteiger partial charge on any atom is -0.464 e. The number of alkyl halides is 3. The molecule has 1 aliphatic rings. The van der Waals surface area contributed by atoms with Gasteiger partial charge < -0.3 is 14.4 Å². The summed E-state index contributed by atoms with van der Waals surface area (Å²) in [5.41, 5.74) is 1.67. The van der Waals surface area contributed by atoms with E-state index in [0.29, 0.717) is 41.7 Å². The Morgan fingerprint density at radius 3 is 2.82 bits per heavy atom. The summed E-state index contributed by atoms with van der Waals surface area (Å²) >= 11 is 0. The molecule has 5 rings (SSSR count). The molecule has 34 heavy (non-hydrogen) atoms. The average molecular weight is 472 g/mol. The van der Waals surface area contributed by atoms with Gasteiger partial charge in [0.05, 0.1) is 11.6 Å². The van der Waals surface area contributed by atoms with Gasteiger partial charge in [0.25, 0.3) is 5.91 Å². The number of aliphatic hydroxyl groups excluding tert-OH is 1. The zero-order valence-electron chi connectivity index (χ0n) is 18.4. The van der Waals surface area contributed by atoms with Crippen molar-refractivity contribution in [1.29, 1.82) is 0 Å². The van der Waals surface area contributed by atoms with Gasteiger partial charge in [-0.05, 0) is 25.0 Å². The third kappa shape index (κ3) is 4.02. The number of pyridine rings is 1. The maximum Gasteiger partial charge on any atom is 0.408 e. The van der Waals surface area contributed by atoms with E-state index in [2.05, 4.69) is 10.1 Å². The van der Waals surface area contributed by atoms with Gasteiger partial charge in [-0.3, -0.25) is 14.5 Å². The van der Waals surface area contributed by atoms with E-state index in [1.165, 1.54) is 18.5 Å². The summed E-state index contributed by atoms with van der Waals surface area (Å²) in [5, 5.41) is 15.5. The molecule has 1 aliphatic heterocycles. The van der Waals surface area contributed by atoms with Crippen LogP contribution in [0.15, 0.2) is 47.2 Å². The number of rotatable bonds is 4. The molecule has 1 saturated heterocycles. The Hall–Kier alpha value is -3.40. The number of piperidine rings is 1. The smallest absolute Gasteiger partial charge is 0.408 e. The lowest BCUT2D eigenvalue weighted by atomic mass is 9.92. The number of benzene rings is 1. The highest BCUT2D eigenvalue weighted by Gasteiger charge is 2.32. The van der Waals surface area contributed by atoms with Crippen molar-refractivity contribution in [3.63, 3.8) is 0 Å². The Balaban J connectivity index is 1.58. The summed E-state index contributed by atoms with van der Waals surface area (Å²) in [5.74, 6) is -0.416. The molecule has 10 heteroatoms. The fourth-order valence-electron chi connectivity index (χ4n) is 4.60. The summed E-state index contributed by atoms with van der Waals surface area (Å²) in [7, 11) is 0. The largest absolute Gasteiger partial charge is 0.464 e. The second kappa shape index (κ2) is 8.43. The molecular formula is C24H23F3N4O3. The lowest BCUT2D eigenvalue weighted by molar-refractivity contribution is -0.141. The molecule has 0 saturated carbocycles. The van der Waals surface area contributed by atoms with E-state index >= 15 is 0 Å². The third-order valence-electron chi connectivity index (χ3n) is 6.43. The number of hydrogen-bond donors (Lipinski definition) is 1. The number of carbonyl (C=O) groups is 1. The van der Waals surface area contributed by atoms with Gasteiger partial charge in [-0.2, -0.15) is 18.3 Å². The molecule has 0 bridgehead atoms. The van der Waals surface area contributed by atoms with Crippen LogP contribution in [0.4, 0.5) is 13.2 Å². The van der Waals surface area contributed by atoms with Crippen molar-refractivity contribution in [2.45, 2.75) is 38.6 Å². The van der Waals surface area contributed by atoms with Crippen molar-refractivity contribution in [3.05, 3.63) is 48.5 Å². The predicted octanol–water partition coefficient (Wildman–Crippen LogP) is 4.64. The summed E-state index contributed by atoms with van der Waals surface area (Å²) in [6, 6.07) is 8.56. The summed E-state index contributed by atoms with van der Waals surface area (Å²) in [6.45, 7) is 1.39. The van der Waals surface area contributed by atoms with Gasteiger partial charge in [-0.15, -0.1) is 0 Å². The van der Waals surface area contributed by atoms with E-state index in [4.69, 9.17) is 4.42 Å². The van der Waals surface area contributed by atoms with Crippen LogP contribution in [0.1, 0.15) is 30.3 Å². The van der Waals surface area contributed by atoms with Gasteiger partial charge in [0.15, 0.2) is 0 Å². The van der Waals surface area contributed by atoms with Crippen LogP contribution in [0.25, 0.3) is 33.1 Å². The van der Waals surface area contributed by atoms with Crippen molar-refractivity contribution in [2.75, 3.05) is 13.1 Å². The second-order valence-corrected chi connectivity index (χ2v) is 8.63. The minimum atomic E-state index is -4.50. The van der Waals surface area contributed by atoms with E-state index in [9.17, 15) is 23.1 Å². The normalized spacial score (nSPS) is 19.3. The van der Waals surface area contributed by atoms with Crippen LogP contribution < -0.4 is 0 Å². The van der Waals surface area contributed by atoms with Crippen LogP contribution >= 0.6 is 0 Å². The molecule has 1 aromatic carbocycles. The first-order valence-electron chi connectivity index (χ1n) is 11.1. The highest BCUT2D eigenvalue weighted by atomic mass is 19.4. The molecule has 178 valence electrons. The summed E-state index contributed by atoms with van der Waals surface area (Å²) < 4.78 is 46.5. The highest BCUT2D eigenvalue weighted by Crippen LogP contribution is 2.35. The number of likely N-dealkylation sites (tertiary alicyclic amines) is 1. The zero-order valence-corrected chi connectivity index (χ0v) is 18.4. The lowest BCUT2D eigenvalue weighted by Gasteiger charge is -2.35. The highest BCUT2D eigenvalue weighted by molar-refractivity contribution is 6.03. The minimum absolute atomic E-state index is 0.0434. The first kappa shape index (κ1) is 22.4. The van der Waals surface area contributed by atoms with Gasteiger partial charge in [0, 0.05) is 41.5 Å². The maximum absolute atomic E-state index is 13.3. The number of hydrogen-bond acceptors (Lipinski definition) is 5. The number of halogens is 3. The molecule has 4 heterocycles. The molecule has 7 nitrogen and oxygen atoms in total. The molecule has 4 aromatic rings. The monoisotopic (exact) mass is 472 g/mol. The zero-order chi connectivity index (χ0) is 24.0. The molecule has 0 spiro atoms. The number of carbonyl (C=O) groups excluding carboxylic acids is 1. The molecule has 2 atom stereocenters. The predicted molar refractivity (Wildman–Crippen MR) is 119 cm³/mol. The number of amides is 1. The van der Waals surface area contributed by atoms with E-state index in [0.717, 1.165) is 16.5 Å². The topological polar surface area (TPSA) is 84.4 Å². The molecule has 1 N–H and O–H groups in total. The van der Waals surface area contributed by atoms with Crippen LogP contribution in [-0.4, -0.2) is 56.0 Å². The van der Waals surface area contributed by atoms with Gasteiger partial charge in [0.1, 0.15) is 29.8 Å². The fourth-order valence-corrected chi connectivity index (χ4v) is 4.60. The van der Waals surface area contributed by atoms with Gasteiger partial charge in [0.2, 0.25) is 0 Å². The third-order valence-corrected chi connectivity index (χ3v) is 6.43. The number of fused-ring (bicyclic) bond motifs is 2. The van der Waals surface area contributed by atoms with E-state index < -0.39 is 18.8 Å². The number of nitrogens with zero attached hydrogens (tertiary/aromatic N) is 4. The van der Waals surface area contributed by atoms with Gasteiger partial charge in [-0.1, -0.05) is 25.1 Å². The van der Waals surface area contributed by atoms with Crippen molar-refractivity contribution >= 4 is 27.8 Å². The van der Waals surface area contributed by atoms with E-state index in [1.807, 2.05) is 19.1 Å². The van der Waals surface area contributed by atoms with E-state index in [-0.39, 0.29) is 23.0 Å². The SMILES string of the molecule is CCC1CN(C(=O)c2cc3c(cn2)c(-c2coc4ccccc24)nn3CC(F)(F)F)CCC1O. The molecule has 3 aromatic heterocycles. The Bertz CT molecular complexity index is 1360. The summed E-state index contributed by atoms with van der Waals surface area (Å²) in [4.78, 5) is 19.0. The Morgan fingerprint density at radius 1 is 1.26 bits per heavy atom. The molecule has 1 amide bonds. The average Bonchev–Trinajstić information content (AvgIpc) is 3.39. The molecule has 0 radical (unpaired) electrons. The standard InChI is InChI=1S/C24H23F3N4O3/c1-2-14-11-30(8-7-20(14)32)23(33)18-9-19-16(10-28-18)22(29-31(19)13-24(25,26)27)17-12-34-21-6-4-3-5-15(17)21/h3-6,9-10,12,14,20,32H,2,7-8,11,13H2,1H3. The van der Waals surface area contributed by atoms with Crippen molar-refractivity contribution < 1.29 is 27.5 Å². The molecule has 1 fully saturated rings. The van der Waals surface area contributed by atoms with Gasteiger partial charge >= 0.3 is 6.18 Å². The molecule has 2 unspecified atom stereocenters. The van der Waals surface area contributed by atoms with Crippen LogP contribution in [0, 0.1) is 5.92 Å². The van der Waals surface area contributed by atoms with Crippen molar-refractivity contribution in [2.24, 2.45) is 5.92 Å². The first-order valence-corrected chi connectivity index (χ1v) is 11.1. The molecule has 0 aliphatic carbocycles. The number of aromatic nitrogens is 3. The fraction of sp³-hybridized carbons (Fsp3) is 0.375. The second-order valence-electron chi connectivity index (χ2n) is 8.63. The maximum atomic E-state index is 13.3. The quantitative estimate of drug-likeness (QED) is 0.468. The van der Waals surface area contributed by atoms with Crippen LogP contribution in [0.2, 0.25) is 0 Å². The Labute approximate surface area is 192 Å². The van der Waals surface area contributed by atoms with E-state index in [1.54, 1.807) is 17.0 Å². The summed E-state index contributed by atoms with van der Waals surface area (Å²) in [6.07, 6.45) is -0.929. The van der Waals surface area contributed by atoms with Crippen LogP contribution in [0.5, 0.6) is 0 Å². The lowest BCUT2D eigenvalue weighted by Crippen LogP contribution is -2.46. The molecular weight excluding hydrogens is 449 g/mol. The van der Waals surface area contributed by atoms with Crippen molar-refractivity contribution in [1.82, 2.24) is 19.7 Å². The van der Waals surface area contributed by atoms with Crippen molar-refractivity contribution in [3.8, 4) is 11.3 Å². The van der Waals surface area contributed by atoms with Crippen LogP contribution in [0.3, 0.4) is 0 Å². The first-order chi connectivity index (χ1) is 16.2. The van der Waals surface area contributed by atoms with Crippen LogP contribution in [-0.2, 0) is 6.54 Å².